The average molecular weight is 1260 g/mol. The van der Waals surface area contributed by atoms with Crippen molar-refractivity contribution in [3.63, 3.8) is 0 Å². The summed E-state index contributed by atoms with van der Waals surface area (Å²) in [5.74, 6) is 0.707. The van der Waals surface area contributed by atoms with Crippen LogP contribution in [-0.2, 0) is 65.0 Å². The lowest BCUT2D eigenvalue weighted by Crippen LogP contribution is -2.46. The number of methoxy groups -OCH3 is 4. The molecule has 0 unspecified atom stereocenters. The molecule has 8 aromatic carbocycles. The van der Waals surface area contributed by atoms with Crippen molar-refractivity contribution in [2.45, 2.75) is 96.3 Å². The van der Waals surface area contributed by atoms with Crippen LogP contribution in [0, 0.1) is 48.5 Å². The molecule has 0 saturated carbocycles. The fourth-order valence-corrected chi connectivity index (χ4v) is 15.0. The van der Waals surface area contributed by atoms with E-state index in [9.17, 15) is 26.4 Å². The van der Waals surface area contributed by atoms with Gasteiger partial charge in [-0.15, -0.1) is 0 Å². The van der Waals surface area contributed by atoms with Crippen molar-refractivity contribution in [2.75, 3.05) is 28.4 Å². The Balaban J connectivity index is 0.000000198. The molecule has 16 nitrogen and oxygen atoms in total. The number of esters is 2. The lowest BCUT2D eigenvalue weighted by atomic mass is 9.88. The van der Waals surface area contributed by atoms with Gasteiger partial charge in [0.1, 0.15) is 46.2 Å². The fraction of sp³-hybridized carbons (Fsp3) is 0.239. The number of para-hydroxylation sites is 2. The fourth-order valence-electron chi connectivity index (χ4n) is 10.9. The number of ether oxygens (including phenoxy) is 4. The van der Waals surface area contributed by atoms with Gasteiger partial charge in [0.25, 0.3) is 0 Å². The summed E-state index contributed by atoms with van der Waals surface area (Å²) in [7, 11) is -4.17. The maximum absolute atomic E-state index is 14.6. The summed E-state index contributed by atoms with van der Waals surface area (Å²) in [6.45, 7) is 12.6. The number of furan rings is 2. The average Bonchev–Trinajstić information content (AvgIpc) is 2.55. The first-order chi connectivity index (χ1) is 43.0. The standard InChI is InChI=1S/C35H35NO6S.C28H33NO5S.C8H7BO3/c1-23-19-32(40-4)24(2)25(3)34(23)43(38,39)36(30(35(37)41-5)20-26-11-7-6-8-12-26)22-27-15-17-28(18-16-27)33-21-29-13-9-10-14-31(29)42-33;1-19-12-14-24(15-13-19)18-29(25(28(30)34-6)17-23-10-8-7-9-11-23)35(31,32)27-20(2)16-26(33-5)21(3)22(27)4;10-9(11)8-5-6-3-1-2-4-7(6)12-8/h6-19,21,30H,20,22H2,1-5H3;7-16,25H,17-18H2,1-6H3;1-5,10-11H/t30-;25-;/m00./s1. The van der Waals surface area contributed by atoms with E-state index in [4.69, 9.17) is 37.8 Å². The van der Waals surface area contributed by atoms with E-state index in [0.717, 1.165) is 55.3 Å². The lowest BCUT2D eigenvalue weighted by Gasteiger charge is -2.31. The minimum Gasteiger partial charge on any atom is -0.496 e. The highest BCUT2D eigenvalue weighted by Crippen LogP contribution is 2.37. The van der Waals surface area contributed by atoms with E-state index in [-0.39, 0.29) is 41.4 Å². The van der Waals surface area contributed by atoms with Crippen molar-refractivity contribution in [1.82, 2.24) is 8.61 Å². The Morgan fingerprint density at radius 1 is 0.467 bits per heavy atom. The molecule has 2 N–H and O–H groups in total. The predicted octanol–water partition coefficient (Wildman–Crippen LogP) is 12.0. The molecule has 0 fully saturated rings. The first kappa shape index (κ1) is 67.1. The zero-order valence-corrected chi connectivity index (χ0v) is 54.0. The van der Waals surface area contributed by atoms with E-state index in [2.05, 4.69) is 0 Å². The van der Waals surface area contributed by atoms with E-state index in [1.807, 2.05) is 178 Å². The number of benzene rings is 8. The maximum atomic E-state index is 14.6. The van der Waals surface area contributed by atoms with Crippen molar-refractivity contribution < 1.29 is 64.3 Å². The van der Waals surface area contributed by atoms with E-state index in [1.165, 1.54) is 22.8 Å². The Bertz CT molecular complexity index is 4280. The molecule has 0 radical (unpaired) electrons. The second-order valence-corrected chi connectivity index (χ2v) is 25.6. The van der Waals surface area contributed by atoms with Gasteiger partial charge in [-0.2, -0.15) is 8.61 Å². The Kier molecular flexibility index (Phi) is 22.1. The first-order valence-electron chi connectivity index (χ1n) is 29.1. The largest absolute Gasteiger partial charge is 0.526 e. The van der Waals surface area contributed by atoms with Crippen LogP contribution in [0.15, 0.2) is 201 Å². The number of fused-ring (bicyclic) bond motifs is 2. The van der Waals surface area contributed by atoms with Crippen molar-refractivity contribution in [1.29, 1.82) is 0 Å². The van der Waals surface area contributed by atoms with Gasteiger partial charge in [0.2, 0.25) is 20.0 Å². The second kappa shape index (κ2) is 29.7. The van der Waals surface area contributed by atoms with Crippen LogP contribution in [0.25, 0.3) is 33.3 Å². The molecule has 2 atom stereocenters. The quantitative estimate of drug-likeness (QED) is 0.0537. The summed E-state index contributed by atoms with van der Waals surface area (Å²) in [6, 6.07) is 53.9. The Morgan fingerprint density at radius 3 is 1.24 bits per heavy atom. The van der Waals surface area contributed by atoms with E-state index in [0.29, 0.717) is 50.7 Å². The minimum absolute atomic E-state index is 0.0270. The number of nitrogens with zero attached hydrogens (tertiary/aromatic N) is 2. The smallest absolute Gasteiger partial charge is 0.496 e. The third-order valence-corrected chi connectivity index (χ3v) is 20.2. The van der Waals surface area contributed by atoms with Gasteiger partial charge in [-0.3, -0.25) is 9.59 Å². The molecular weight excluding hydrogens is 1180 g/mol. The Morgan fingerprint density at radius 2 is 0.856 bits per heavy atom. The van der Waals surface area contributed by atoms with Crippen molar-refractivity contribution >= 4 is 66.7 Å². The molecule has 0 aliphatic heterocycles. The van der Waals surface area contributed by atoms with Gasteiger partial charge in [-0.25, -0.2) is 16.8 Å². The molecule has 0 aliphatic carbocycles. The summed E-state index contributed by atoms with van der Waals surface area (Å²) in [4.78, 5) is 26.7. The molecule has 90 heavy (non-hydrogen) atoms. The number of carbonyl (C=O) groups is 2. The van der Waals surface area contributed by atoms with Crippen molar-refractivity contribution in [3.05, 3.63) is 243 Å². The monoisotopic (exact) mass is 1250 g/mol. The van der Waals surface area contributed by atoms with Crippen LogP contribution < -0.4 is 15.1 Å². The number of aryl methyl sites for hydroxylation is 3. The maximum Gasteiger partial charge on any atom is 0.526 e. The molecule has 2 heterocycles. The van der Waals surface area contributed by atoms with Gasteiger partial charge in [-0.1, -0.05) is 151 Å². The van der Waals surface area contributed by atoms with E-state index >= 15 is 0 Å². The summed E-state index contributed by atoms with van der Waals surface area (Å²) < 4.78 is 92.8. The third kappa shape index (κ3) is 15.4. The SMILES string of the molecule is COC(=O)[C@H](Cc1ccccc1)N(Cc1ccc(-c2cc3ccccc3o2)cc1)S(=O)(=O)c1c(C)cc(OC)c(C)c1C.COC(=O)[C@H](Cc1ccccc1)N(Cc1ccc(C)cc1)S(=O)(=O)c1c(C)cc(OC)c(C)c1C.OB(O)c1cc2ccccc2o1. The first-order valence-corrected chi connectivity index (χ1v) is 31.9. The van der Waals surface area contributed by atoms with Crippen LogP contribution in [0.1, 0.15) is 61.2 Å². The van der Waals surface area contributed by atoms with Gasteiger partial charge in [0, 0.05) is 29.4 Å². The predicted molar refractivity (Wildman–Crippen MR) is 351 cm³/mol. The van der Waals surface area contributed by atoms with Crippen LogP contribution in [0.5, 0.6) is 11.5 Å². The number of rotatable bonds is 20. The molecule has 0 amide bonds. The summed E-state index contributed by atoms with van der Waals surface area (Å²) >= 11 is 0. The summed E-state index contributed by atoms with van der Waals surface area (Å²) in [5, 5.41) is 19.4. The molecule has 0 aliphatic rings. The summed E-state index contributed by atoms with van der Waals surface area (Å²) in [5.41, 5.74) is 10.4. The summed E-state index contributed by atoms with van der Waals surface area (Å²) in [6.07, 6.45) is 0.336. The lowest BCUT2D eigenvalue weighted by molar-refractivity contribution is -0.146. The van der Waals surface area contributed by atoms with Gasteiger partial charge in [-0.05, 0) is 153 Å². The molecule has 10 aromatic rings. The zero-order valence-electron chi connectivity index (χ0n) is 52.4. The van der Waals surface area contributed by atoms with Crippen molar-refractivity contribution in [3.8, 4) is 22.8 Å². The molecule has 468 valence electrons. The molecule has 19 heteroatoms. The van der Waals surface area contributed by atoms with Gasteiger partial charge in [0.15, 0.2) is 0 Å². The highest BCUT2D eigenvalue weighted by molar-refractivity contribution is 7.89. The number of sulfonamides is 2. The normalized spacial score (nSPS) is 12.2. The zero-order chi connectivity index (χ0) is 65.0. The van der Waals surface area contributed by atoms with Crippen LogP contribution in [0.2, 0.25) is 0 Å². The third-order valence-electron chi connectivity index (χ3n) is 15.9. The van der Waals surface area contributed by atoms with Gasteiger partial charge in [0.05, 0.1) is 38.2 Å². The van der Waals surface area contributed by atoms with Crippen LogP contribution >= 0.6 is 0 Å². The van der Waals surface area contributed by atoms with Crippen LogP contribution in [-0.4, -0.2) is 95.1 Å². The highest BCUT2D eigenvalue weighted by atomic mass is 32.2. The number of hydrogen-bond acceptors (Lipinski definition) is 14. The topological polar surface area (TPSA) is 213 Å². The molecule has 10 rings (SSSR count). The van der Waals surface area contributed by atoms with Gasteiger partial charge < -0.3 is 37.8 Å². The Hall–Kier alpha value is -8.82. The molecule has 2 aromatic heterocycles. The molecule has 0 bridgehead atoms. The molecule has 0 saturated heterocycles. The second-order valence-electron chi connectivity index (χ2n) is 21.9. The molecule has 0 spiro atoms. The number of carbonyl (C=O) groups excluding carboxylic acids is 2. The van der Waals surface area contributed by atoms with E-state index in [1.54, 1.807) is 66.2 Å². The minimum atomic E-state index is -4.20. The van der Waals surface area contributed by atoms with Crippen LogP contribution in [0.3, 0.4) is 0 Å². The van der Waals surface area contributed by atoms with Crippen LogP contribution in [0.4, 0.5) is 0 Å². The highest BCUT2D eigenvalue weighted by Gasteiger charge is 2.41. The van der Waals surface area contributed by atoms with E-state index < -0.39 is 51.2 Å². The van der Waals surface area contributed by atoms with Gasteiger partial charge >= 0.3 is 19.1 Å². The molecular formula is C71H75BN2O14S2. The van der Waals surface area contributed by atoms with Crippen molar-refractivity contribution in [2.24, 2.45) is 0 Å². The number of hydrogen-bond donors (Lipinski definition) is 2. The Labute approximate surface area is 527 Å².